The molecule has 0 atom stereocenters. The lowest BCUT2D eigenvalue weighted by molar-refractivity contribution is 0.0376. The maximum absolute atomic E-state index is 12.1. The third-order valence-electron chi connectivity index (χ3n) is 3.34. The van der Waals surface area contributed by atoms with Crippen LogP contribution < -0.4 is 10.5 Å². The number of ether oxygens (including phenoxy) is 1. The zero-order valence-electron chi connectivity index (χ0n) is 12.1. The van der Waals surface area contributed by atoms with Crippen LogP contribution in [0.5, 0.6) is 0 Å². The van der Waals surface area contributed by atoms with E-state index in [4.69, 9.17) is 10.5 Å². The maximum Gasteiger partial charge on any atom is 0.250 e. The highest BCUT2D eigenvalue weighted by molar-refractivity contribution is 7.91. The summed E-state index contributed by atoms with van der Waals surface area (Å²) in [5.41, 5.74) is 5.48. The highest BCUT2D eigenvalue weighted by atomic mass is 32.2. The Labute approximate surface area is 130 Å². The zero-order chi connectivity index (χ0) is 15.1. The Hall–Kier alpha value is -0.510. The second-order valence-electron chi connectivity index (χ2n) is 4.96. The fraction of sp³-hybridized carbons (Fsp3) is 0.692. The molecule has 2 rings (SSSR count). The molecule has 6 nitrogen and oxygen atoms in total. The molecule has 3 N–H and O–H groups in total. The Morgan fingerprint density at radius 1 is 1.33 bits per heavy atom. The molecule has 0 bridgehead atoms. The van der Waals surface area contributed by atoms with Gasteiger partial charge in [-0.2, -0.15) is 0 Å². The SMILES string of the molecule is NCCc1ccc(S(=O)(=O)NCCCN2CCOCC2)s1. The van der Waals surface area contributed by atoms with Crippen LogP contribution in [0.3, 0.4) is 0 Å². The molecule has 1 aliphatic rings. The van der Waals surface area contributed by atoms with Crippen molar-refractivity contribution in [3.63, 3.8) is 0 Å². The lowest BCUT2D eigenvalue weighted by Gasteiger charge is -2.26. The minimum absolute atomic E-state index is 0.373. The third kappa shape index (κ3) is 5.32. The van der Waals surface area contributed by atoms with Gasteiger partial charge < -0.3 is 10.5 Å². The smallest absolute Gasteiger partial charge is 0.250 e. The molecule has 1 fully saturated rings. The number of morpholine rings is 1. The van der Waals surface area contributed by atoms with E-state index >= 15 is 0 Å². The van der Waals surface area contributed by atoms with E-state index in [-0.39, 0.29) is 0 Å². The Kier molecular flexibility index (Phi) is 6.59. The van der Waals surface area contributed by atoms with Crippen LogP contribution in [0.25, 0.3) is 0 Å². The Morgan fingerprint density at radius 3 is 2.81 bits per heavy atom. The first-order chi connectivity index (χ1) is 10.1. The number of nitrogens with one attached hydrogen (secondary N) is 1. The van der Waals surface area contributed by atoms with Crippen molar-refractivity contribution in [1.29, 1.82) is 0 Å². The van der Waals surface area contributed by atoms with Crippen LogP contribution in [0, 0.1) is 0 Å². The summed E-state index contributed by atoms with van der Waals surface area (Å²) in [6.45, 7) is 5.29. The van der Waals surface area contributed by atoms with Crippen LogP contribution >= 0.6 is 11.3 Å². The van der Waals surface area contributed by atoms with Gasteiger partial charge in [0.2, 0.25) is 10.0 Å². The molecule has 0 spiro atoms. The molecule has 1 aliphatic heterocycles. The molecule has 21 heavy (non-hydrogen) atoms. The molecule has 8 heteroatoms. The number of thiophene rings is 1. The summed E-state index contributed by atoms with van der Waals surface area (Å²) in [6, 6.07) is 3.49. The molecule has 2 heterocycles. The normalized spacial score (nSPS) is 17.2. The van der Waals surface area contributed by atoms with Gasteiger partial charge in [-0.3, -0.25) is 4.90 Å². The zero-order valence-corrected chi connectivity index (χ0v) is 13.7. The molecule has 0 saturated carbocycles. The Bertz CT molecular complexity index is 525. The van der Waals surface area contributed by atoms with Gasteiger partial charge >= 0.3 is 0 Å². The minimum atomic E-state index is -3.38. The summed E-state index contributed by atoms with van der Waals surface area (Å²) in [6.07, 6.45) is 1.53. The first-order valence-corrected chi connectivity index (χ1v) is 9.50. The maximum atomic E-state index is 12.1. The van der Waals surface area contributed by atoms with Crippen molar-refractivity contribution in [1.82, 2.24) is 9.62 Å². The van der Waals surface area contributed by atoms with Crippen molar-refractivity contribution in [2.75, 3.05) is 45.9 Å². The van der Waals surface area contributed by atoms with Crippen molar-refractivity contribution in [3.8, 4) is 0 Å². The summed E-state index contributed by atoms with van der Waals surface area (Å²) in [7, 11) is -3.38. The first kappa shape index (κ1) is 16.9. The highest BCUT2D eigenvalue weighted by Gasteiger charge is 2.16. The second-order valence-corrected chi connectivity index (χ2v) is 8.13. The van der Waals surface area contributed by atoms with Gasteiger partial charge in [-0.1, -0.05) is 0 Å². The molecule has 0 aromatic carbocycles. The first-order valence-electron chi connectivity index (χ1n) is 7.20. The number of hydrogen-bond donors (Lipinski definition) is 2. The molecule has 0 aliphatic carbocycles. The minimum Gasteiger partial charge on any atom is -0.379 e. The van der Waals surface area contributed by atoms with Crippen LogP contribution in [-0.4, -0.2) is 59.3 Å². The number of sulfonamides is 1. The average Bonchev–Trinajstić information content (AvgIpc) is 2.95. The van der Waals surface area contributed by atoms with Gasteiger partial charge in [0.1, 0.15) is 4.21 Å². The lowest BCUT2D eigenvalue weighted by Crippen LogP contribution is -2.38. The van der Waals surface area contributed by atoms with Crippen LogP contribution in [0.2, 0.25) is 0 Å². The molecule has 1 saturated heterocycles. The van der Waals surface area contributed by atoms with Gasteiger partial charge in [0.25, 0.3) is 0 Å². The van der Waals surface area contributed by atoms with E-state index in [1.165, 1.54) is 11.3 Å². The number of hydrogen-bond acceptors (Lipinski definition) is 6. The molecule has 1 aromatic heterocycles. The number of nitrogens with two attached hydrogens (primary N) is 1. The van der Waals surface area contributed by atoms with Gasteiger partial charge in [0.05, 0.1) is 13.2 Å². The van der Waals surface area contributed by atoms with E-state index in [1.54, 1.807) is 6.07 Å². The molecule has 0 unspecified atom stereocenters. The standard InChI is InChI=1S/C13H23N3O3S2/c14-5-4-12-2-3-13(20-12)21(17,18)15-6-1-7-16-8-10-19-11-9-16/h2-3,15H,1,4-11,14H2. The molecular formula is C13H23N3O3S2. The average molecular weight is 333 g/mol. The monoisotopic (exact) mass is 333 g/mol. The van der Waals surface area contributed by atoms with Crippen LogP contribution in [0.1, 0.15) is 11.3 Å². The van der Waals surface area contributed by atoms with Gasteiger partial charge in [-0.05, 0) is 38.1 Å². The van der Waals surface area contributed by atoms with E-state index in [1.807, 2.05) is 6.07 Å². The summed E-state index contributed by atoms with van der Waals surface area (Å²) in [5.74, 6) is 0. The summed E-state index contributed by atoms with van der Waals surface area (Å²) >= 11 is 1.29. The van der Waals surface area contributed by atoms with Gasteiger partial charge in [-0.15, -0.1) is 11.3 Å². The van der Waals surface area contributed by atoms with Gasteiger partial charge in [-0.25, -0.2) is 13.1 Å². The molecule has 120 valence electrons. The van der Waals surface area contributed by atoms with Crippen molar-refractivity contribution in [2.45, 2.75) is 17.1 Å². The van der Waals surface area contributed by atoms with Gasteiger partial charge in [0, 0.05) is 24.5 Å². The van der Waals surface area contributed by atoms with Crippen LogP contribution in [-0.2, 0) is 21.2 Å². The summed E-state index contributed by atoms with van der Waals surface area (Å²) in [4.78, 5) is 3.30. The second kappa shape index (κ2) is 8.21. The van der Waals surface area contributed by atoms with E-state index < -0.39 is 10.0 Å². The fourth-order valence-electron chi connectivity index (χ4n) is 2.18. The van der Waals surface area contributed by atoms with Crippen molar-refractivity contribution < 1.29 is 13.2 Å². The predicted molar refractivity (Wildman–Crippen MR) is 84.1 cm³/mol. The van der Waals surface area contributed by atoms with Crippen LogP contribution in [0.15, 0.2) is 16.3 Å². The third-order valence-corrected chi connectivity index (χ3v) is 6.44. The topological polar surface area (TPSA) is 84.7 Å². The van der Waals surface area contributed by atoms with E-state index in [0.717, 1.165) is 50.6 Å². The van der Waals surface area contributed by atoms with E-state index in [9.17, 15) is 8.42 Å². The quantitative estimate of drug-likeness (QED) is 0.666. The lowest BCUT2D eigenvalue weighted by atomic mass is 10.3. The number of rotatable bonds is 8. The van der Waals surface area contributed by atoms with Crippen molar-refractivity contribution in [3.05, 3.63) is 17.0 Å². The summed E-state index contributed by atoms with van der Waals surface area (Å²) < 4.78 is 32.6. The fourth-order valence-corrected chi connectivity index (χ4v) is 4.67. The Morgan fingerprint density at radius 2 is 2.10 bits per heavy atom. The predicted octanol–water partition coefficient (Wildman–Crippen LogP) is 0.250. The molecular weight excluding hydrogens is 310 g/mol. The molecule has 0 radical (unpaired) electrons. The Balaban J connectivity index is 1.75. The van der Waals surface area contributed by atoms with Crippen LogP contribution in [0.4, 0.5) is 0 Å². The van der Waals surface area contributed by atoms with Crippen molar-refractivity contribution >= 4 is 21.4 Å². The number of nitrogens with zero attached hydrogens (tertiary/aromatic N) is 1. The van der Waals surface area contributed by atoms with Crippen molar-refractivity contribution in [2.24, 2.45) is 5.73 Å². The van der Waals surface area contributed by atoms with E-state index in [2.05, 4.69) is 9.62 Å². The highest BCUT2D eigenvalue weighted by Crippen LogP contribution is 2.21. The van der Waals surface area contributed by atoms with E-state index in [0.29, 0.717) is 17.3 Å². The largest absolute Gasteiger partial charge is 0.379 e. The molecule has 0 amide bonds. The summed E-state index contributed by atoms with van der Waals surface area (Å²) in [5, 5.41) is 0. The van der Waals surface area contributed by atoms with Gasteiger partial charge in [0.15, 0.2) is 0 Å². The molecule has 1 aromatic rings.